The molecule has 30 heavy (non-hydrogen) atoms. The van der Waals surface area contributed by atoms with Gasteiger partial charge in [-0.15, -0.1) is 0 Å². The van der Waals surface area contributed by atoms with Gasteiger partial charge in [0.1, 0.15) is 5.82 Å². The van der Waals surface area contributed by atoms with Gasteiger partial charge in [0, 0.05) is 24.7 Å². The van der Waals surface area contributed by atoms with Crippen molar-refractivity contribution >= 4 is 21.6 Å². The Morgan fingerprint density at radius 1 is 0.967 bits per heavy atom. The molecule has 0 spiro atoms. The SMILES string of the molecule is Cc1cc(F)ccc1NC(=O)C1CCN(S(=O)(=O)c2c(C)c(C)cc(C)c2C)CC1. The number of nitrogens with one attached hydrogen (secondary N) is 1. The lowest BCUT2D eigenvalue weighted by molar-refractivity contribution is -0.120. The molecule has 1 saturated heterocycles. The van der Waals surface area contributed by atoms with Crippen molar-refractivity contribution in [2.75, 3.05) is 18.4 Å². The number of amides is 1. The molecule has 0 aliphatic carbocycles. The normalized spacial score (nSPS) is 15.9. The van der Waals surface area contributed by atoms with E-state index in [1.807, 2.05) is 33.8 Å². The first-order valence-electron chi connectivity index (χ1n) is 10.2. The molecule has 5 nitrogen and oxygen atoms in total. The predicted molar refractivity (Wildman–Crippen MR) is 117 cm³/mol. The molecule has 0 saturated carbocycles. The van der Waals surface area contributed by atoms with Crippen LogP contribution in [0.5, 0.6) is 0 Å². The molecule has 0 bridgehead atoms. The fraction of sp³-hybridized carbons (Fsp3) is 0.435. The van der Waals surface area contributed by atoms with Crippen LogP contribution in [0.3, 0.4) is 0 Å². The average molecular weight is 433 g/mol. The minimum atomic E-state index is -3.63. The Labute approximate surface area is 178 Å². The summed E-state index contributed by atoms with van der Waals surface area (Å²) in [7, 11) is -3.63. The number of nitrogens with zero attached hydrogens (tertiary/aromatic N) is 1. The molecule has 1 aliphatic rings. The quantitative estimate of drug-likeness (QED) is 0.778. The first-order chi connectivity index (χ1) is 14.0. The van der Waals surface area contributed by atoms with Crippen LogP contribution in [-0.4, -0.2) is 31.7 Å². The third-order valence-corrected chi connectivity index (χ3v) is 8.34. The van der Waals surface area contributed by atoms with E-state index in [0.29, 0.717) is 42.1 Å². The second kappa shape index (κ2) is 8.47. The number of carbonyl (C=O) groups excluding carboxylic acids is 1. The van der Waals surface area contributed by atoms with Gasteiger partial charge < -0.3 is 5.32 Å². The van der Waals surface area contributed by atoms with E-state index in [-0.39, 0.29) is 17.6 Å². The maximum atomic E-state index is 13.4. The molecular formula is C23H29FN2O3S. The van der Waals surface area contributed by atoms with Crippen molar-refractivity contribution < 1.29 is 17.6 Å². The van der Waals surface area contributed by atoms with Crippen LogP contribution in [-0.2, 0) is 14.8 Å². The summed E-state index contributed by atoms with van der Waals surface area (Å²) in [4.78, 5) is 13.0. The van der Waals surface area contributed by atoms with Crippen LogP contribution in [0.15, 0.2) is 29.2 Å². The molecule has 0 aromatic heterocycles. The molecule has 1 amide bonds. The maximum Gasteiger partial charge on any atom is 0.243 e. The van der Waals surface area contributed by atoms with Gasteiger partial charge in [0.05, 0.1) is 4.90 Å². The number of hydrogen-bond acceptors (Lipinski definition) is 3. The molecule has 1 N–H and O–H groups in total. The van der Waals surface area contributed by atoms with E-state index in [1.54, 1.807) is 13.0 Å². The third kappa shape index (κ3) is 4.27. The van der Waals surface area contributed by atoms with Crippen molar-refractivity contribution in [2.45, 2.75) is 52.4 Å². The minimum absolute atomic E-state index is 0.152. The Morgan fingerprint density at radius 2 is 1.53 bits per heavy atom. The number of piperidine rings is 1. The van der Waals surface area contributed by atoms with Gasteiger partial charge in [0.2, 0.25) is 15.9 Å². The fourth-order valence-electron chi connectivity index (χ4n) is 4.06. The average Bonchev–Trinajstić information content (AvgIpc) is 2.68. The van der Waals surface area contributed by atoms with Crippen molar-refractivity contribution in [2.24, 2.45) is 5.92 Å². The number of anilines is 1. The zero-order chi connectivity index (χ0) is 22.2. The fourth-order valence-corrected chi connectivity index (χ4v) is 6.10. The first kappa shape index (κ1) is 22.4. The van der Waals surface area contributed by atoms with E-state index in [4.69, 9.17) is 0 Å². The van der Waals surface area contributed by atoms with Gasteiger partial charge in [0.15, 0.2) is 0 Å². The minimum Gasteiger partial charge on any atom is -0.326 e. The molecular weight excluding hydrogens is 403 g/mol. The lowest BCUT2D eigenvalue weighted by Gasteiger charge is -2.32. The molecule has 0 unspecified atom stereocenters. The summed E-state index contributed by atoms with van der Waals surface area (Å²) in [5.41, 5.74) is 4.72. The first-order valence-corrected chi connectivity index (χ1v) is 11.6. The van der Waals surface area contributed by atoms with Gasteiger partial charge >= 0.3 is 0 Å². The largest absolute Gasteiger partial charge is 0.326 e. The number of carbonyl (C=O) groups is 1. The van der Waals surface area contributed by atoms with Crippen LogP contribution in [0, 0.1) is 46.4 Å². The van der Waals surface area contributed by atoms with Crippen LogP contribution in [0.4, 0.5) is 10.1 Å². The maximum absolute atomic E-state index is 13.4. The van der Waals surface area contributed by atoms with Crippen molar-refractivity contribution in [3.05, 3.63) is 57.9 Å². The highest BCUT2D eigenvalue weighted by Crippen LogP contribution is 2.31. The van der Waals surface area contributed by atoms with Gasteiger partial charge in [0.25, 0.3) is 0 Å². The molecule has 1 heterocycles. The monoisotopic (exact) mass is 432 g/mol. The van der Waals surface area contributed by atoms with Crippen LogP contribution in [0.2, 0.25) is 0 Å². The van der Waals surface area contributed by atoms with E-state index in [1.165, 1.54) is 16.4 Å². The topological polar surface area (TPSA) is 66.5 Å². The molecule has 0 radical (unpaired) electrons. The number of sulfonamides is 1. The van der Waals surface area contributed by atoms with Gasteiger partial charge in [-0.25, -0.2) is 12.8 Å². The summed E-state index contributed by atoms with van der Waals surface area (Å²) in [5, 5.41) is 2.85. The van der Waals surface area contributed by atoms with Gasteiger partial charge in [-0.3, -0.25) is 4.79 Å². The Hall–Kier alpha value is -2.25. The smallest absolute Gasteiger partial charge is 0.243 e. The lowest BCUT2D eigenvalue weighted by Crippen LogP contribution is -2.42. The van der Waals surface area contributed by atoms with E-state index in [9.17, 15) is 17.6 Å². The van der Waals surface area contributed by atoms with Crippen LogP contribution in [0.25, 0.3) is 0 Å². The highest BCUT2D eigenvalue weighted by molar-refractivity contribution is 7.89. The van der Waals surface area contributed by atoms with Crippen molar-refractivity contribution in [1.29, 1.82) is 0 Å². The van der Waals surface area contributed by atoms with E-state index in [0.717, 1.165) is 22.3 Å². The summed E-state index contributed by atoms with van der Waals surface area (Å²) in [6.07, 6.45) is 0.905. The molecule has 2 aromatic carbocycles. The van der Waals surface area contributed by atoms with Crippen molar-refractivity contribution in [3.63, 3.8) is 0 Å². The second-order valence-electron chi connectivity index (χ2n) is 8.22. The summed E-state index contributed by atoms with van der Waals surface area (Å²) in [5.74, 6) is -0.774. The number of hydrogen-bond donors (Lipinski definition) is 1. The summed E-state index contributed by atoms with van der Waals surface area (Å²) >= 11 is 0. The molecule has 1 fully saturated rings. The van der Waals surface area contributed by atoms with Crippen LogP contribution < -0.4 is 5.32 Å². The number of aryl methyl sites for hydroxylation is 3. The molecule has 1 aliphatic heterocycles. The molecule has 0 atom stereocenters. The van der Waals surface area contributed by atoms with Crippen LogP contribution in [0.1, 0.15) is 40.7 Å². The van der Waals surface area contributed by atoms with Gasteiger partial charge in [-0.05, 0) is 93.5 Å². The van der Waals surface area contributed by atoms with Gasteiger partial charge in [-0.1, -0.05) is 6.07 Å². The number of halogens is 1. The molecule has 3 rings (SSSR count). The summed E-state index contributed by atoms with van der Waals surface area (Å²) in [6, 6.07) is 6.25. The van der Waals surface area contributed by atoms with E-state index >= 15 is 0 Å². The molecule has 162 valence electrons. The van der Waals surface area contributed by atoms with Gasteiger partial charge in [-0.2, -0.15) is 4.31 Å². The standard InChI is InChI=1S/C23H29FN2O3S/c1-14-12-15(2)18(5)22(17(14)4)30(28,29)26-10-8-19(9-11-26)23(27)25-21-7-6-20(24)13-16(21)3/h6-7,12-13,19H,8-11H2,1-5H3,(H,25,27). The summed E-state index contributed by atoms with van der Waals surface area (Å²) in [6.45, 7) is 9.88. The zero-order valence-corrected chi connectivity index (χ0v) is 19.0. The Balaban J connectivity index is 1.73. The second-order valence-corrected chi connectivity index (χ2v) is 10.1. The Morgan fingerprint density at radius 3 is 2.07 bits per heavy atom. The zero-order valence-electron chi connectivity index (χ0n) is 18.2. The number of rotatable bonds is 4. The highest BCUT2D eigenvalue weighted by atomic mass is 32.2. The molecule has 2 aromatic rings. The third-order valence-electron chi connectivity index (χ3n) is 6.17. The number of benzene rings is 2. The molecule has 7 heteroatoms. The summed E-state index contributed by atoms with van der Waals surface area (Å²) < 4.78 is 41.5. The lowest BCUT2D eigenvalue weighted by atomic mass is 9.97. The van der Waals surface area contributed by atoms with Crippen molar-refractivity contribution in [1.82, 2.24) is 4.31 Å². The van der Waals surface area contributed by atoms with E-state index in [2.05, 4.69) is 5.32 Å². The Bertz CT molecular complexity index is 1060. The van der Waals surface area contributed by atoms with Crippen molar-refractivity contribution in [3.8, 4) is 0 Å². The van der Waals surface area contributed by atoms with E-state index < -0.39 is 10.0 Å². The van der Waals surface area contributed by atoms with Crippen LogP contribution >= 0.6 is 0 Å². The highest BCUT2D eigenvalue weighted by Gasteiger charge is 2.34. The Kier molecular flexibility index (Phi) is 6.34. The predicted octanol–water partition coefficient (Wildman–Crippen LogP) is 4.41.